The van der Waals surface area contributed by atoms with Crippen LogP contribution in [0.1, 0.15) is 22.3 Å². The Kier molecular flexibility index (Phi) is 8.12. The second kappa shape index (κ2) is 11.4. The zero-order valence-corrected chi connectivity index (χ0v) is 19.2. The molecule has 8 heteroatoms. The second-order valence-electron chi connectivity index (χ2n) is 7.75. The minimum Gasteiger partial charge on any atom is -0.484 e. The molecule has 0 saturated carbocycles. The molecule has 3 rings (SSSR count). The third-order valence-electron chi connectivity index (χ3n) is 4.73. The van der Waals surface area contributed by atoms with Gasteiger partial charge in [-0.25, -0.2) is 5.43 Å². The van der Waals surface area contributed by atoms with Crippen LogP contribution >= 0.6 is 0 Å². The van der Waals surface area contributed by atoms with E-state index in [0.717, 1.165) is 22.4 Å². The first-order valence-corrected chi connectivity index (χ1v) is 10.6. The average molecular weight is 459 g/mol. The Bertz CT molecular complexity index is 1200. The fourth-order valence-electron chi connectivity index (χ4n) is 3.15. The fraction of sp³-hybridized carbons (Fsp3) is 0.154. The van der Waals surface area contributed by atoms with Gasteiger partial charge in [0.2, 0.25) is 0 Å². The summed E-state index contributed by atoms with van der Waals surface area (Å²) in [6, 6.07) is 19.7. The van der Waals surface area contributed by atoms with Crippen LogP contribution < -0.4 is 20.8 Å². The SMILES string of the molecule is Cc1cc(C)cc(NC(=O)COc2ccc(/C=N\NC(=O)C(=O)Nc3ccccc3C)cc2)c1. The van der Waals surface area contributed by atoms with Crippen LogP contribution in [0.5, 0.6) is 5.75 Å². The molecule has 0 bridgehead atoms. The standard InChI is InChI=1S/C26H26N4O4/c1-17-12-18(2)14-21(13-17)28-24(31)16-34-22-10-8-20(9-11-22)15-27-30-26(33)25(32)29-23-7-5-4-6-19(23)3/h4-15H,16H2,1-3H3,(H,28,31)(H,29,32)(H,30,33)/b27-15-. The van der Waals surface area contributed by atoms with Crippen molar-refractivity contribution in [3.05, 3.63) is 89.0 Å². The van der Waals surface area contributed by atoms with E-state index in [2.05, 4.69) is 21.2 Å². The lowest BCUT2D eigenvalue weighted by atomic mass is 10.1. The topological polar surface area (TPSA) is 109 Å². The highest BCUT2D eigenvalue weighted by Gasteiger charge is 2.13. The van der Waals surface area contributed by atoms with Crippen molar-refractivity contribution in [2.24, 2.45) is 5.10 Å². The van der Waals surface area contributed by atoms with Gasteiger partial charge in [-0.05, 0) is 85.5 Å². The Morgan fingerprint density at radius 2 is 1.53 bits per heavy atom. The van der Waals surface area contributed by atoms with Gasteiger partial charge in [0.05, 0.1) is 6.21 Å². The highest BCUT2D eigenvalue weighted by molar-refractivity contribution is 6.39. The predicted molar refractivity (Wildman–Crippen MR) is 132 cm³/mol. The lowest BCUT2D eigenvalue weighted by Gasteiger charge is -2.09. The van der Waals surface area contributed by atoms with E-state index in [-0.39, 0.29) is 12.5 Å². The Labute approximate surface area is 198 Å². The summed E-state index contributed by atoms with van der Waals surface area (Å²) >= 11 is 0. The van der Waals surface area contributed by atoms with Gasteiger partial charge in [-0.15, -0.1) is 0 Å². The van der Waals surface area contributed by atoms with Crippen molar-refractivity contribution in [2.75, 3.05) is 17.2 Å². The van der Waals surface area contributed by atoms with Crippen LogP contribution in [0.2, 0.25) is 0 Å². The molecule has 3 aromatic carbocycles. The number of carbonyl (C=O) groups is 3. The number of hydrogen-bond acceptors (Lipinski definition) is 5. The highest BCUT2D eigenvalue weighted by Crippen LogP contribution is 2.15. The Morgan fingerprint density at radius 3 is 2.21 bits per heavy atom. The van der Waals surface area contributed by atoms with Gasteiger partial charge in [-0.2, -0.15) is 5.10 Å². The maximum atomic E-state index is 12.1. The third-order valence-corrected chi connectivity index (χ3v) is 4.73. The number of nitrogens with one attached hydrogen (secondary N) is 3. The van der Waals surface area contributed by atoms with Crippen molar-refractivity contribution in [3.63, 3.8) is 0 Å². The molecule has 0 heterocycles. The molecule has 3 aromatic rings. The van der Waals surface area contributed by atoms with Crippen molar-refractivity contribution >= 4 is 35.3 Å². The van der Waals surface area contributed by atoms with Gasteiger partial charge < -0.3 is 15.4 Å². The second-order valence-corrected chi connectivity index (χ2v) is 7.75. The summed E-state index contributed by atoms with van der Waals surface area (Å²) in [6.45, 7) is 5.63. The van der Waals surface area contributed by atoms with Crippen molar-refractivity contribution in [3.8, 4) is 5.75 Å². The number of hydrazone groups is 1. The van der Waals surface area contributed by atoms with E-state index in [0.29, 0.717) is 17.0 Å². The number of hydrogen-bond donors (Lipinski definition) is 3. The van der Waals surface area contributed by atoms with E-state index in [1.165, 1.54) is 6.21 Å². The van der Waals surface area contributed by atoms with Gasteiger partial charge in [0, 0.05) is 11.4 Å². The molecule has 3 N–H and O–H groups in total. The molecular formula is C26H26N4O4. The molecular weight excluding hydrogens is 432 g/mol. The summed E-state index contributed by atoms with van der Waals surface area (Å²) < 4.78 is 5.52. The number of benzene rings is 3. The van der Waals surface area contributed by atoms with Gasteiger partial charge in [0.25, 0.3) is 5.91 Å². The lowest BCUT2D eigenvalue weighted by molar-refractivity contribution is -0.136. The number of aryl methyl sites for hydroxylation is 3. The Balaban J connectivity index is 1.44. The minimum absolute atomic E-state index is 0.132. The van der Waals surface area contributed by atoms with Gasteiger partial charge in [-0.1, -0.05) is 24.3 Å². The van der Waals surface area contributed by atoms with E-state index in [1.54, 1.807) is 36.4 Å². The number of anilines is 2. The molecule has 0 aliphatic carbocycles. The Morgan fingerprint density at radius 1 is 0.853 bits per heavy atom. The molecule has 0 fully saturated rings. The van der Waals surface area contributed by atoms with Crippen LogP contribution in [0.15, 0.2) is 71.8 Å². The molecule has 0 radical (unpaired) electrons. The summed E-state index contributed by atoms with van der Waals surface area (Å²) in [6.07, 6.45) is 1.40. The van der Waals surface area contributed by atoms with Crippen LogP contribution in [0.3, 0.4) is 0 Å². The molecule has 0 saturated heterocycles. The third kappa shape index (κ3) is 7.30. The van der Waals surface area contributed by atoms with Gasteiger partial charge in [-0.3, -0.25) is 14.4 Å². The minimum atomic E-state index is -0.880. The van der Waals surface area contributed by atoms with Crippen LogP contribution in [0.4, 0.5) is 11.4 Å². The summed E-state index contributed by atoms with van der Waals surface area (Å²) in [5.74, 6) is -1.44. The quantitative estimate of drug-likeness (QED) is 0.285. The van der Waals surface area contributed by atoms with Crippen molar-refractivity contribution in [1.29, 1.82) is 0 Å². The first-order valence-electron chi connectivity index (χ1n) is 10.6. The van der Waals surface area contributed by atoms with Crippen molar-refractivity contribution in [2.45, 2.75) is 20.8 Å². The van der Waals surface area contributed by atoms with E-state index in [4.69, 9.17) is 4.74 Å². The van der Waals surface area contributed by atoms with E-state index >= 15 is 0 Å². The smallest absolute Gasteiger partial charge is 0.329 e. The average Bonchev–Trinajstić information content (AvgIpc) is 2.79. The molecule has 0 spiro atoms. The van der Waals surface area contributed by atoms with Crippen molar-refractivity contribution in [1.82, 2.24) is 5.43 Å². The normalized spacial score (nSPS) is 10.6. The molecule has 0 aromatic heterocycles. The van der Waals surface area contributed by atoms with Gasteiger partial charge in [0.15, 0.2) is 6.61 Å². The Hall–Kier alpha value is -4.46. The fourth-order valence-corrected chi connectivity index (χ4v) is 3.15. The van der Waals surface area contributed by atoms with E-state index in [1.807, 2.05) is 51.1 Å². The zero-order chi connectivity index (χ0) is 24.5. The number of amides is 3. The van der Waals surface area contributed by atoms with E-state index in [9.17, 15) is 14.4 Å². The summed E-state index contributed by atoms with van der Waals surface area (Å²) in [7, 11) is 0. The molecule has 0 aliphatic rings. The molecule has 0 atom stereocenters. The monoisotopic (exact) mass is 458 g/mol. The molecule has 0 unspecified atom stereocenters. The summed E-state index contributed by atoms with van der Waals surface area (Å²) in [4.78, 5) is 36.0. The maximum absolute atomic E-state index is 12.1. The number of ether oxygens (including phenoxy) is 1. The largest absolute Gasteiger partial charge is 0.484 e. The molecule has 174 valence electrons. The van der Waals surface area contributed by atoms with Gasteiger partial charge in [0.1, 0.15) is 5.75 Å². The zero-order valence-electron chi connectivity index (χ0n) is 19.2. The maximum Gasteiger partial charge on any atom is 0.329 e. The summed E-state index contributed by atoms with van der Waals surface area (Å²) in [5.41, 5.74) is 7.13. The van der Waals surface area contributed by atoms with Crippen LogP contribution in [-0.4, -0.2) is 30.5 Å². The van der Waals surface area contributed by atoms with Crippen LogP contribution in [0, 0.1) is 20.8 Å². The van der Waals surface area contributed by atoms with Gasteiger partial charge >= 0.3 is 11.8 Å². The molecule has 34 heavy (non-hydrogen) atoms. The van der Waals surface area contributed by atoms with Crippen molar-refractivity contribution < 1.29 is 19.1 Å². The predicted octanol–water partition coefficient (Wildman–Crippen LogP) is 3.72. The number of rotatable bonds is 7. The van der Waals surface area contributed by atoms with Crippen LogP contribution in [0.25, 0.3) is 0 Å². The number of nitrogens with zero attached hydrogens (tertiary/aromatic N) is 1. The number of para-hydroxylation sites is 1. The molecule has 8 nitrogen and oxygen atoms in total. The van der Waals surface area contributed by atoms with Crippen LogP contribution in [-0.2, 0) is 14.4 Å². The first kappa shape index (κ1) is 24.2. The number of carbonyl (C=O) groups excluding carboxylic acids is 3. The molecule has 3 amide bonds. The van der Waals surface area contributed by atoms with E-state index < -0.39 is 11.8 Å². The lowest BCUT2D eigenvalue weighted by Crippen LogP contribution is -2.32. The highest BCUT2D eigenvalue weighted by atomic mass is 16.5. The summed E-state index contributed by atoms with van der Waals surface area (Å²) in [5, 5.41) is 9.15. The molecule has 0 aliphatic heterocycles. The first-order chi connectivity index (χ1) is 16.3.